The van der Waals surface area contributed by atoms with E-state index in [1.165, 1.54) is 11.3 Å². The second-order valence-corrected chi connectivity index (χ2v) is 7.10. The SMILES string of the molecule is CC[C@H](C(=O)Nc1nnc(COc2ccc(Cl)cc2)s1)c1ccccc1. The van der Waals surface area contributed by atoms with Gasteiger partial charge in [-0.2, -0.15) is 0 Å². The third-order valence-corrected chi connectivity index (χ3v) is 4.86. The topological polar surface area (TPSA) is 64.1 Å². The fourth-order valence-electron chi connectivity index (χ4n) is 2.49. The van der Waals surface area contributed by atoms with Gasteiger partial charge in [0.1, 0.15) is 12.4 Å². The third kappa shape index (κ3) is 4.80. The number of benzene rings is 2. The van der Waals surface area contributed by atoms with Gasteiger partial charge in [0.05, 0.1) is 5.92 Å². The van der Waals surface area contributed by atoms with Gasteiger partial charge in [-0.1, -0.05) is 60.2 Å². The number of halogens is 1. The summed E-state index contributed by atoms with van der Waals surface area (Å²) < 4.78 is 5.64. The monoisotopic (exact) mass is 387 g/mol. The lowest BCUT2D eigenvalue weighted by Gasteiger charge is -2.13. The van der Waals surface area contributed by atoms with Crippen molar-refractivity contribution >= 4 is 34.0 Å². The number of carbonyl (C=O) groups excluding carboxylic acids is 1. The Labute approximate surface area is 161 Å². The Morgan fingerprint density at radius 3 is 2.58 bits per heavy atom. The highest BCUT2D eigenvalue weighted by atomic mass is 35.5. The zero-order valence-electron chi connectivity index (χ0n) is 14.2. The van der Waals surface area contributed by atoms with Gasteiger partial charge in [0.2, 0.25) is 11.0 Å². The Kier molecular flexibility index (Phi) is 6.20. The molecule has 0 saturated heterocycles. The van der Waals surface area contributed by atoms with Crippen LogP contribution in [0.4, 0.5) is 5.13 Å². The molecule has 1 aromatic heterocycles. The molecule has 1 heterocycles. The number of amides is 1. The highest BCUT2D eigenvalue weighted by Gasteiger charge is 2.20. The average molecular weight is 388 g/mol. The summed E-state index contributed by atoms with van der Waals surface area (Å²) in [6.45, 7) is 2.27. The van der Waals surface area contributed by atoms with Gasteiger partial charge in [-0.25, -0.2) is 0 Å². The standard InChI is InChI=1S/C19H18ClN3O2S/c1-2-16(13-6-4-3-5-7-13)18(24)21-19-23-22-17(26-19)12-25-15-10-8-14(20)9-11-15/h3-11,16H,2,12H2,1H3,(H,21,23,24)/t16-/m0/s1. The molecule has 0 aliphatic heterocycles. The maximum atomic E-state index is 12.5. The van der Waals surface area contributed by atoms with E-state index in [0.29, 0.717) is 27.3 Å². The van der Waals surface area contributed by atoms with Gasteiger partial charge in [-0.05, 0) is 36.2 Å². The molecule has 0 aliphatic carbocycles. The Hall–Kier alpha value is -2.44. The van der Waals surface area contributed by atoms with Crippen molar-refractivity contribution in [2.75, 3.05) is 5.32 Å². The van der Waals surface area contributed by atoms with Gasteiger partial charge in [0.25, 0.3) is 0 Å². The molecule has 0 radical (unpaired) electrons. The molecule has 0 spiro atoms. The van der Waals surface area contributed by atoms with Crippen LogP contribution in [0, 0.1) is 0 Å². The normalized spacial score (nSPS) is 11.8. The van der Waals surface area contributed by atoms with Crippen LogP contribution in [0.3, 0.4) is 0 Å². The van der Waals surface area contributed by atoms with Crippen LogP contribution in [0.5, 0.6) is 5.75 Å². The number of nitrogens with zero attached hydrogens (tertiary/aromatic N) is 2. The highest BCUT2D eigenvalue weighted by Crippen LogP contribution is 2.24. The van der Waals surface area contributed by atoms with Gasteiger partial charge in [-0.15, -0.1) is 10.2 Å². The first-order valence-electron chi connectivity index (χ1n) is 8.22. The molecular weight excluding hydrogens is 370 g/mol. The van der Waals surface area contributed by atoms with E-state index in [2.05, 4.69) is 15.5 Å². The minimum atomic E-state index is -0.214. The number of aromatic nitrogens is 2. The Morgan fingerprint density at radius 1 is 1.15 bits per heavy atom. The molecule has 1 amide bonds. The van der Waals surface area contributed by atoms with Crippen molar-refractivity contribution in [2.24, 2.45) is 0 Å². The molecule has 0 unspecified atom stereocenters. The predicted molar refractivity (Wildman–Crippen MR) is 104 cm³/mol. The summed E-state index contributed by atoms with van der Waals surface area (Å²) in [6.07, 6.45) is 0.710. The smallest absolute Gasteiger partial charge is 0.233 e. The van der Waals surface area contributed by atoms with E-state index >= 15 is 0 Å². The van der Waals surface area contributed by atoms with Crippen LogP contribution in [-0.4, -0.2) is 16.1 Å². The number of anilines is 1. The fourth-order valence-corrected chi connectivity index (χ4v) is 3.27. The number of ether oxygens (including phenoxy) is 1. The summed E-state index contributed by atoms with van der Waals surface area (Å²) >= 11 is 7.15. The van der Waals surface area contributed by atoms with Crippen LogP contribution in [0.1, 0.15) is 29.8 Å². The van der Waals surface area contributed by atoms with Gasteiger partial charge >= 0.3 is 0 Å². The summed E-state index contributed by atoms with van der Waals surface area (Å²) in [5, 5.41) is 12.8. The van der Waals surface area contributed by atoms with Crippen molar-refractivity contribution < 1.29 is 9.53 Å². The molecule has 26 heavy (non-hydrogen) atoms. The van der Waals surface area contributed by atoms with Gasteiger partial charge in [0, 0.05) is 5.02 Å². The first-order chi connectivity index (χ1) is 12.7. The van der Waals surface area contributed by atoms with Gasteiger partial charge in [-0.3, -0.25) is 10.1 Å². The minimum Gasteiger partial charge on any atom is -0.486 e. The number of hydrogen-bond donors (Lipinski definition) is 1. The number of carbonyl (C=O) groups is 1. The van der Waals surface area contributed by atoms with Crippen molar-refractivity contribution in [2.45, 2.75) is 25.9 Å². The fraction of sp³-hybridized carbons (Fsp3) is 0.211. The molecule has 7 heteroatoms. The van der Waals surface area contributed by atoms with Crippen molar-refractivity contribution in [3.8, 4) is 5.75 Å². The minimum absolute atomic E-state index is 0.0833. The van der Waals surface area contributed by atoms with E-state index in [1.807, 2.05) is 37.3 Å². The number of rotatable bonds is 7. The van der Waals surface area contributed by atoms with Crippen molar-refractivity contribution in [3.05, 3.63) is 70.2 Å². The summed E-state index contributed by atoms with van der Waals surface area (Å²) in [6, 6.07) is 16.8. The maximum absolute atomic E-state index is 12.5. The molecule has 0 saturated carbocycles. The van der Waals surface area contributed by atoms with Gasteiger partial charge < -0.3 is 4.74 Å². The van der Waals surface area contributed by atoms with Gasteiger partial charge in [0.15, 0.2) is 5.01 Å². The first-order valence-corrected chi connectivity index (χ1v) is 9.41. The molecule has 0 aliphatic rings. The molecule has 0 fully saturated rings. The molecule has 3 rings (SSSR count). The van der Waals surface area contributed by atoms with E-state index in [4.69, 9.17) is 16.3 Å². The number of hydrogen-bond acceptors (Lipinski definition) is 5. The lowest BCUT2D eigenvalue weighted by molar-refractivity contribution is -0.117. The highest BCUT2D eigenvalue weighted by molar-refractivity contribution is 7.15. The van der Waals surface area contributed by atoms with E-state index in [1.54, 1.807) is 24.3 Å². The summed E-state index contributed by atoms with van der Waals surface area (Å²) in [7, 11) is 0. The second-order valence-electron chi connectivity index (χ2n) is 5.60. The summed E-state index contributed by atoms with van der Waals surface area (Å²) in [4.78, 5) is 12.5. The molecule has 0 bridgehead atoms. The van der Waals surface area contributed by atoms with Crippen LogP contribution in [-0.2, 0) is 11.4 Å². The maximum Gasteiger partial charge on any atom is 0.233 e. The zero-order chi connectivity index (χ0) is 18.4. The molecule has 5 nitrogen and oxygen atoms in total. The van der Waals surface area contributed by atoms with Crippen LogP contribution in [0.2, 0.25) is 5.02 Å². The summed E-state index contributed by atoms with van der Waals surface area (Å²) in [5.41, 5.74) is 0.989. The largest absolute Gasteiger partial charge is 0.486 e. The van der Waals surface area contributed by atoms with E-state index in [-0.39, 0.29) is 18.4 Å². The average Bonchev–Trinajstić information content (AvgIpc) is 3.10. The molecule has 134 valence electrons. The third-order valence-electron chi connectivity index (χ3n) is 3.80. The van der Waals surface area contributed by atoms with Crippen LogP contribution < -0.4 is 10.1 Å². The van der Waals surface area contributed by atoms with Crippen LogP contribution in [0.25, 0.3) is 0 Å². The Balaban J connectivity index is 1.59. The molecule has 1 atom stereocenters. The Bertz CT molecular complexity index is 853. The molecule has 2 aromatic carbocycles. The van der Waals surface area contributed by atoms with Crippen LogP contribution in [0.15, 0.2) is 54.6 Å². The van der Waals surface area contributed by atoms with E-state index < -0.39 is 0 Å². The molecule has 3 aromatic rings. The lowest BCUT2D eigenvalue weighted by atomic mass is 9.96. The second kappa shape index (κ2) is 8.78. The van der Waals surface area contributed by atoms with Crippen molar-refractivity contribution in [1.29, 1.82) is 0 Å². The first kappa shape index (κ1) is 18.4. The number of nitrogens with one attached hydrogen (secondary N) is 1. The predicted octanol–water partition coefficient (Wildman–Crippen LogP) is 4.90. The lowest BCUT2D eigenvalue weighted by Crippen LogP contribution is -2.20. The summed E-state index contributed by atoms with van der Waals surface area (Å²) in [5.74, 6) is 0.402. The van der Waals surface area contributed by atoms with E-state index in [9.17, 15) is 4.79 Å². The molecular formula is C19H18ClN3O2S. The molecule has 1 N–H and O–H groups in total. The van der Waals surface area contributed by atoms with Crippen molar-refractivity contribution in [1.82, 2.24) is 10.2 Å². The van der Waals surface area contributed by atoms with E-state index in [0.717, 1.165) is 5.56 Å². The Morgan fingerprint density at radius 2 is 1.88 bits per heavy atom. The zero-order valence-corrected chi connectivity index (χ0v) is 15.8. The van der Waals surface area contributed by atoms with Crippen molar-refractivity contribution in [3.63, 3.8) is 0 Å². The quantitative estimate of drug-likeness (QED) is 0.626. The van der Waals surface area contributed by atoms with Crippen LogP contribution >= 0.6 is 22.9 Å².